The minimum Gasteiger partial charge on any atom is -0.480 e. The molecule has 0 amide bonds. The van der Waals surface area contributed by atoms with E-state index >= 15 is 0 Å². The number of ether oxygens (including phenoxy) is 1. The number of hydrogen-bond acceptors (Lipinski definition) is 6. The molecule has 0 saturated heterocycles. The van der Waals surface area contributed by atoms with E-state index in [0.717, 1.165) is 16.2 Å². The Morgan fingerprint density at radius 2 is 1.89 bits per heavy atom. The molecule has 0 unspecified atom stereocenters. The largest absolute Gasteiger partial charge is 0.480 e. The lowest BCUT2D eigenvalue weighted by molar-refractivity contribution is -0.144. The highest BCUT2D eigenvalue weighted by molar-refractivity contribution is 8.01. The van der Waals surface area contributed by atoms with Gasteiger partial charge in [0.2, 0.25) is 0 Å². The molecule has 2 rings (SSSR count). The van der Waals surface area contributed by atoms with Crippen LogP contribution >= 0.6 is 11.8 Å². The predicted molar refractivity (Wildman–Crippen MR) is 103 cm³/mol. The Hall–Kier alpha value is -2.25. The zero-order chi connectivity index (χ0) is 19.9. The molecular formula is C20H25NO5S. The van der Waals surface area contributed by atoms with Gasteiger partial charge in [-0.1, -0.05) is 12.1 Å². The predicted octanol–water partition coefficient (Wildman–Crippen LogP) is 3.80. The van der Waals surface area contributed by atoms with Crippen molar-refractivity contribution >= 4 is 23.7 Å². The van der Waals surface area contributed by atoms with Crippen LogP contribution in [0.5, 0.6) is 0 Å². The van der Waals surface area contributed by atoms with Crippen LogP contribution in [0.4, 0.5) is 0 Å². The summed E-state index contributed by atoms with van der Waals surface area (Å²) >= 11 is 1.30. The zero-order valence-electron chi connectivity index (χ0n) is 15.8. The van der Waals surface area contributed by atoms with Gasteiger partial charge in [-0.25, -0.2) is 0 Å². The lowest BCUT2D eigenvalue weighted by Gasteiger charge is -2.21. The number of carboxylic acid groups (broad SMARTS) is 1. The third kappa shape index (κ3) is 6.77. The van der Waals surface area contributed by atoms with Gasteiger partial charge in [0.15, 0.2) is 0 Å². The SMILES string of the molecule is CCOC(=O)CN(Cc1ccc(SC(C)(C)C(=O)O)cc1)Cc1ccco1. The van der Waals surface area contributed by atoms with Crippen molar-refractivity contribution in [2.75, 3.05) is 13.2 Å². The van der Waals surface area contributed by atoms with Gasteiger partial charge >= 0.3 is 11.9 Å². The quantitative estimate of drug-likeness (QED) is 0.487. The summed E-state index contributed by atoms with van der Waals surface area (Å²) in [5.74, 6) is -0.357. The van der Waals surface area contributed by atoms with E-state index in [1.54, 1.807) is 27.0 Å². The van der Waals surface area contributed by atoms with E-state index in [2.05, 4.69) is 0 Å². The lowest BCUT2D eigenvalue weighted by atomic mass is 10.2. The molecule has 0 spiro atoms. The average Bonchev–Trinajstić information content (AvgIpc) is 3.09. The van der Waals surface area contributed by atoms with Gasteiger partial charge in [0.05, 0.1) is 26.0 Å². The van der Waals surface area contributed by atoms with E-state index in [1.807, 2.05) is 41.3 Å². The number of aliphatic carboxylic acids is 1. The second kappa shape index (κ2) is 9.62. The second-order valence-electron chi connectivity index (χ2n) is 6.59. The number of thioether (sulfide) groups is 1. The highest BCUT2D eigenvalue weighted by atomic mass is 32.2. The summed E-state index contributed by atoms with van der Waals surface area (Å²) in [7, 11) is 0. The van der Waals surface area contributed by atoms with Crippen molar-refractivity contribution in [1.82, 2.24) is 4.90 Å². The topological polar surface area (TPSA) is 80.0 Å². The molecule has 1 heterocycles. The summed E-state index contributed by atoms with van der Waals surface area (Å²) in [5, 5.41) is 9.25. The molecule has 0 radical (unpaired) electrons. The first-order valence-corrected chi connectivity index (χ1v) is 9.53. The number of rotatable bonds is 10. The van der Waals surface area contributed by atoms with Crippen LogP contribution in [0.1, 0.15) is 32.1 Å². The van der Waals surface area contributed by atoms with Crippen LogP contribution in [-0.4, -0.2) is 39.8 Å². The Balaban J connectivity index is 2.05. The van der Waals surface area contributed by atoms with Gasteiger partial charge in [-0.15, -0.1) is 11.8 Å². The minimum absolute atomic E-state index is 0.164. The molecule has 6 nitrogen and oxygen atoms in total. The van der Waals surface area contributed by atoms with Crippen molar-refractivity contribution < 1.29 is 23.8 Å². The van der Waals surface area contributed by atoms with Crippen molar-refractivity contribution in [3.05, 3.63) is 54.0 Å². The van der Waals surface area contributed by atoms with Gasteiger partial charge in [-0.3, -0.25) is 14.5 Å². The fourth-order valence-corrected chi connectivity index (χ4v) is 3.39. The number of benzene rings is 1. The molecule has 1 aromatic heterocycles. The third-order valence-electron chi connectivity index (χ3n) is 3.84. The number of carbonyl (C=O) groups excluding carboxylic acids is 1. The normalized spacial score (nSPS) is 11.6. The van der Waals surface area contributed by atoms with Gasteiger partial charge in [0.1, 0.15) is 10.5 Å². The highest BCUT2D eigenvalue weighted by Gasteiger charge is 2.28. The molecule has 2 aromatic rings. The van der Waals surface area contributed by atoms with Crippen LogP contribution in [0.2, 0.25) is 0 Å². The van der Waals surface area contributed by atoms with Crippen molar-refractivity contribution in [3.63, 3.8) is 0 Å². The number of carbonyl (C=O) groups is 2. The van der Waals surface area contributed by atoms with Gasteiger partial charge in [0.25, 0.3) is 0 Å². The van der Waals surface area contributed by atoms with E-state index in [1.165, 1.54) is 11.8 Å². The van der Waals surface area contributed by atoms with E-state index in [-0.39, 0.29) is 12.5 Å². The maximum Gasteiger partial charge on any atom is 0.320 e. The van der Waals surface area contributed by atoms with Crippen molar-refractivity contribution in [1.29, 1.82) is 0 Å². The summed E-state index contributed by atoms with van der Waals surface area (Å²) < 4.78 is 9.55. The van der Waals surface area contributed by atoms with Crippen LogP contribution in [0.25, 0.3) is 0 Å². The zero-order valence-corrected chi connectivity index (χ0v) is 16.6. The summed E-state index contributed by atoms with van der Waals surface area (Å²) in [6.45, 7) is 6.69. The molecule has 7 heteroatoms. The Labute approximate surface area is 163 Å². The number of esters is 1. The van der Waals surface area contributed by atoms with E-state index < -0.39 is 10.7 Å². The summed E-state index contributed by atoms with van der Waals surface area (Å²) in [6, 6.07) is 11.4. The summed E-state index contributed by atoms with van der Waals surface area (Å²) in [6.07, 6.45) is 1.61. The van der Waals surface area contributed by atoms with Crippen LogP contribution in [0, 0.1) is 0 Å². The molecule has 0 atom stereocenters. The second-order valence-corrected chi connectivity index (χ2v) is 8.29. The molecule has 0 aliphatic carbocycles. The van der Waals surface area contributed by atoms with Gasteiger partial charge in [0, 0.05) is 11.4 Å². The Bertz CT molecular complexity index is 740. The standard InChI is InChI=1S/C20H25NO5S/c1-4-25-18(22)14-21(13-16-6-5-11-26-16)12-15-7-9-17(10-8-15)27-20(2,3)19(23)24/h5-11H,4,12-14H2,1-3H3,(H,23,24). The van der Waals surface area contributed by atoms with Crippen molar-refractivity contribution in [2.45, 2.75) is 43.5 Å². The maximum atomic E-state index is 11.9. The highest BCUT2D eigenvalue weighted by Crippen LogP contribution is 2.32. The molecule has 0 bridgehead atoms. The summed E-state index contributed by atoms with van der Waals surface area (Å²) in [4.78, 5) is 26.0. The van der Waals surface area contributed by atoms with E-state index in [9.17, 15) is 14.7 Å². The maximum absolute atomic E-state index is 11.9. The molecule has 0 saturated carbocycles. The number of carboxylic acids is 1. The third-order valence-corrected chi connectivity index (χ3v) is 5.03. The number of nitrogens with zero attached hydrogens (tertiary/aromatic N) is 1. The first kappa shape index (κ1) is 21.1. The molecule has 0 aliphatic rings. The Morgan fingerprint density at radius 3 is 2.44 bits per heavy atom. The Kier molecular flexibility index (Phi) is 7.50. The fraction of sp³-hybridized carbons (Fsp3) is 0.400. The van der Waals surface area contributed by atoms with Gasteiger partial charge < -0.3 is 14.3 Å². The first-order chi connectivity index (χ1) is 12.8. The van der Waals surface area contributed by atoms with Crippen molar-refractivity contribution in [2.24, 2.45) is 0 Å². The van der Waals surface area contributed by atoms with Gasteiger partial charge in [-0.05, 0) is 50.6 Å². The first-order valence-electron chi connectivity index (χ1n) is 8.72. The lowest BCUT2D eigenvalue weighted by Crippen LogP contribution is -2.30. The molecule has 0 aliphatic heterocycles. The molecule has 1 aromatic carbocycles. The Morgan fingerprint density at radius 1 is 1.19 bits per heavy atom. The fourth-order valence-electron chi connectivity index (χ4n) is 2.44. The molecular weight excluding hydrogens is 366 g/mol. The van der Waals surface area contributed by atoms with Crippen LogP contribution < -0.4 is 0 Å². The summed E-state index contributed by atoms with van der Waals surface area (Å²) in [5.41, 5.74) is 1.02. The number of furan rings is 1. The molecule has 27 heavy (non-hydrogen) atoms. The monoisotopic (exact) mass is 391 g/mol. The van der Waals surface area contributed by atoms with Crippen LogP contribution in [0.15, 0.2) is 52.0 Å². The molecule has 146 valence electrons. The van der Waals surface area contributed by atoms with E-state index in [0.29, 0.717) is 19.7 Å². The molecule has 0 fully saturated rings. The smallest absolute Gasteiger partial charge is 0.320 e. The van der Waals surface area contributed by atoms with Gasteiger partial charge in [-0.2, -0.15) is 0 Å². The minimum atomic E-state index is -0.892. The number of hydrogen-bond donors (Lipinski definition) is 1. The van der Waals surface area contributed by atoms with E-state index in [4.69, 9.17) is 9.15 Å². The van der Waals surface area contributed by atoms with Crippen molar-refractivity contribution in [3.8, 4) is 0 Å². The van der Waals surface area contributed by atoms with Crippen LogP contribution in [0.3, 0.4) is 0 Å². The molecule has 1 N–H and O–H groups in total. The van der Waals surface area contributed by atoms with Crippen LogP contribution in [-0.2, 0) is 27.4 Å². The average molecular weight is 391 g/mol.